The van der Waals surface area contributed by atoms with E-state index < -0.39 is 0 Å². The lowest BCUT2D eigenvalue weighted by molar-refractivity contribution is -0.142. The van der Waals surface area contributed by atoms with Crippen molar-refractivity contribution in [3.05, 3.63) is 29.8 Å². The third-order valence-corrected chi connectivity index (χ3v) is 3.40. The number of nitrogens with zero attached hydrogens (tertiary/aromatic N) is 2. The topological polar surface area (TPSA) is 62.6 Å². The summed E-state index contributed by atoms with van der Waals surface area (Å²) in [5, 5.41) is 8.74. The summed E-state index contributed by atoms with van der Waals surface area (Å²) >= 11 is 0. The maximum Gasteiger partial charge on any atom is 0.319 e. The van der Waals surface area contributed by atoms with Crippen LogP contribution in [0.4, 0.5) is 0 Å². The molecule has 0 unspecified atom stereocenters. The summed E-state index contributed by atoms with van der Waals surface area (Å²) in [6.45, 7) is 2.01. The SMILES string of the molecule is COC(=O)CN1CCC(Oc2ccc(C#N)cc2)CC1. The van der Waals surface area contributed by atoms with Gasteiger partial charge in [0.1, 0.15) is 11.9 Å². The zero-order valence-corrected chi connectivity index (χ0v) is 11.5. The van der Waals surface area contributed by atoms with Crippen molar-refractivity contribution in [2.24, 2.45) is 0 Å². The highest BCUT2D eigenvalue weighted by atomic mass is 16.5. The number of methoxy groups -OCH3 is 1. The molecule has 0 N–H and O–H groups in total. The highest BCUT2D eigenvalue weighted by Gasteiger charge is 2.22. The van der Waals surface area contributed by atoms with Crippen LogP contribution in [0.3, 0.4) is 0 Å². The zero-order chi connectivity index (χ0) is 14.4. The Morgan fingerprint density at radius 1 is 1.35 bits per heavy atom. The standard InChI is InChI=1S/C15H18N2O3/c1-19-15(18)11-17-8-6-14(7-9-17)20-13-4-2-12(10-16)3-5-13/h2-5,14H,6-9,11H2,1H3. The molecule has 2 rings (SSSR count). The van der Waals surface area contributed by atoms with Crippen LogP contribution in [-0.2, 0) is 9.53 Å². The minimum Gasteiger partial charge on any atom is -0.490 e. The van der Waals surface area contributed by atoms with E-state index in [-0.39, 0.29) is 12.1 Å². The molecule has 1 aliphatic rings. The van der Waals surface area contributed by atoms with E-state index in [1.807, 2.05) is 12.1 Å². The summed E-state index contributed by atoms with van der Waals surface area (Å²) in [7, 11) is 1.41. The molecule has 20 heavy (non-hydrogen) atoms. The molecule has 0 aliphatic carbocycles. The molecule has 1 aliphatic heterocycles. The van der Waals surface area contributed by atoms with Crippen molar-refractivity contribution in [1.82, 2.24) is 4.90 Å². The molecular weight excluding hydrogens is 256 g/mol. The third-order valence-electron chi connectivity index (χ3n) is 3.40. The number of nitriles is 1. The number of carbonyl (C=O) groups excluding carboxylic acids is 1. The van der Waals surface area contributed by atoms with Crippen LogP contribution in [-0.4, -0.2) is 43.7 Å². The van der Waals surface area contributed by atoms with E-state index in [0.717, 1.165) is 31.7 Å². The first-order valence-corrected chi connectivity index (χ1v) is 6.67. The molecule has 0 spiro atoms. The lowest BCUT2D eigenvalue weighted by atomic mass is 10.1. The third kappa shape index (κ3) is 3.97. The highest BCUT2D eigenvalue weighted by Crippen LogP contribution is 2.19. The number of likely N-dealkylation sites (tertiary alicyclic amines) is 1. The number of ether oxygens (including phenoxy) is 2. The van der Waals surface area contributed by atoms with Crippen molar-refractivity contribution < 1.29 is 14.3 Å². The number of rotatable bonds is 4. The molecule has 1 heterocycles. The molecular formula is C15H18N2O3. The van der Waals surface area contributed by atoms with Crippen molar-refractivity contribution in [3.8, 4) is 11.8 Å². The van der Waals surface area contributed by atoms with Crippen LogP contribution in [0.1, 0.15) is 18.4 Å². The Morgan fingerprint density at radius 3 is 2.55 bits per heavy atom. The van der Waals surface area contributed by atoms with Gasteiger partial charge < -0.3 is 9.47 Å². The maximum atomic E-state index is 11.2. The molecule has 0 amide bonds. The minimum atomic E-state index is -0.198. The fourth-order valence-corrected chi connectivity index (χ4v) is 2.23. The Balaban J connectivity index is 1.79. The average Bonchev–Trinajstić information content (AvgIpc) is 2.50. The lowest BCUT2D eigenvalue weighted by Crippen LogP contribution is -2.41. The molecule has 5 heteroatoms. The van der Waals surface area contributed by atoms with Gasteiger partial charge in [0.25, 0.3) is 0 Å². The van der Waals surface area contributed by atoms with Gasteiger partial charge in [-0.2, -0.15) is 5.26 Å². The van der Waals surface area contributed by atoms with Crippen molar-refractivity contribution >= 4 is 5.97 Å². The number of hydrogen-bond donors (Lipinski definition) is 0. The second-order valence-corrected chi connectivity index (χ2v) is 4.81. The summed E-state index contributed by atoms with van der Waals surface area (Å²) in [5.41, 5.74) is 0.630. The predicted molar refractivity (Wildman–Crippen MR) is 73.3 cm³/mol. The Morgan fingerprint density at radius 2 is 2.00 bits per heavy atom. The van der Waals surface area contributed by atoms with Crippen LogP contribution in [0.5, 0.6) is 5.75 Å². The number of piperidine rings is 1. The monoisotopic (exact) mass is 274 g/mol. The Bertz CT molecular complexity index is 485. The van der Waals surface area contributed by atoms with Gasteiger partial charge >= 0.3 is 5.97 Å². The van der Waals surface area contributed by atoms with Gasteiger partial charge in [0.05, 0.1) is 25.3 Å². The van der Waals surface area contributed by atoms with Gasteiger partial charge in [-0.1, -0.05) is 0 Å². The van der Waals surface area contributed by atoms with Crippen LogP contribution in [0, 0.1) is 11.3 Å². The van der Waals surface area contributed by atoms with E-state index in [0.29, 0.717) is 12.1 Å². The van der Waals surface area contributed by atoms with Crippen LogP contribution in [0.15, 0.2) is 24.3 Å². The number of hydrogen-bond acceptors (Lipinski definition) is 5. The molecule has 5 nitrogen and oxygen atoms in total. The van der Waals surface area contributed by atoms with Gasteiger partial charge in [0.2, 0.25) is 0 Å². The zero-order valence-electron chi connectivity index (χ0n) is 11.5. The quantitative estimate of drug-likeness (QED) is 0.780. The van der Waals surface area contributed by atoms with Gasteiger partial charge in [-0.25, -0.2) is 0 Å². The molecule has 106 valence electrons. The van der Waals surface area contributed by atoms with Gasteiger partial charge in [0.15, 0.2) is 0 Å². The van der Waals surface area contributed by atoms with Gasteiger partial charge in [-0.3, -0.25) is 9.69 Å². The lowest BCUT2D eigenvalue weighted by Gasteiger charge is -2.31. The highest BCUT2D eigenvalue weighted by molar-refractivity contribution is 5.71. The molecule has 0 atom stereocenters. The molecule has 1 fully saturated rings. The van der Waals surface area contributed by atoms with Crippen molar-refractivity contribution in [1.29, 1.82) is 5.26 Å². The first-order valence-electron chi connectivity index (χ1n) is 6.67. The molecule has 0 saturated carbocycles. The van der Waals surface area contributed by atoms with Crippen molar-refractivity contribution in [3.63, 3.8) is 0 Å². The minimum absolute atomic E-state index is 0.164. The Hall–Kier alpha value is -2.06. The number of benzene rings is 1. The molecule has 0 radical (unpaired) electrons. The van der Waals surface area contributed by atoms with Gasteiger partial charge in [-0.15, -0.1) is 0 Å². The normalized spacial score (nSPS) is 16.4. The Kier molecular flexibility index (Phi) is 4.97. The summed E-state index contributed by atoms with van der Waals surface area (Å²) in [6, 6.07) is 9.22. The second-order valence-electron chi connectivity index (χ2n) is 4.81. The summed E-state index contributed by atoms with van der Waals surface area (Å²) in [5.74, 6) is 0.590. The molecule has 1 aromatic carbocycles. The summed E-state index contributed by atoms with van der Waals surface area (Å²) in [6.07, 6.45) is 1.94. The summed E-state index contributed by atoms with van der Waals surface area (Å²) < 4.78 is 10.5. The van der Waals surface area contributed by atoms with E-state index in [2.05, 4.69) is 15.7 Å². The maximum absolute atomic E-state index is 11.2. The average molecular weight is 274 g/mol. The Labute approximate surface area is 118 Å². The van der Waals surface area contributed by atoms with Gasteiger partial charge in [-0.05, 0) is 37.1 Å². The van der Waals surface area contributed by atoms with Crippen LogP contribution in [0.25, 0.3) is 0 Å². The fraction of sp³-hybridized carbons (Fsp3) is 0.467. The molecule has 0 aromatic heterocycles. The van der Waals surface area contributed by atoms with E-state index in [4.69, 9.17) is 10.00 Å². The largest absolute Gasteiger partial charge is 0.490 e. The van der Waals surface area contributed by atoms with E-state index in [1.165, 1.54) is 7.11 Å². The van der Waals surface area contributed by atoms with Crippen LogP contribution >= 0.6 is 0 Å². The van der Waals surface area contributed by atoms with Crippen LogP contribution < -0.4 is 4.74 Å². The van der Waals surface area contributed by atoms with Crippen LogP contribution in [0.2, 0.25) is 0 Å². The van der Waals surface area contributed by atoms with E-state index in [9.17, 15) is 4.79 Å². The number of carbonyl (C=O) groups is 1. The van der Waals surface area contributed by atoms with E-state index in [1.54, 1.807) is 12.1 Å². The van der Waals surface area contributed by atoms with Crippen molar-refractivity contribution in [2.75, 3.05) is 26.7 Å². The molecule has 1 aromatic rings. The van der Waals surface area contributed by atoms with Crippen molar-refractivity contribution in [2.45, 2.75) is 18.9 Å². The first-order chi connectivity index (χ1) is 9.71. The van der Waals surface area contributed by atoms with Gasteiger partial charge in [0, 0.05) is 13.1 Å². The first kappa shape index (κ1) is 14.4. The molecule has 0 bridgehead atoms. The molecule has 1 saturated heterocycles. The van der Waals surface area contributed by atoms with E-state index >= 15 is 0 Å². The smallest absolute Gasteiger partial charge is 0.319 e. The second kappa shape index (κ2) is 6.92. The fourth-order valence-electron chi connectivity index (χ4n) is 2.23. The number of esters is 1. The predicted octanol–water partition coefficient (Wildman–Crippen LogP) is 1.57. The summed E-state index contributed by atoms with van der Waals surface area (Å²) in [4.78, 5) is 13.3.